The average Bonchev–Trinajstić information content (AvgIpc) is 3.47. The molecule has 0 spiro atoms. The lowest BCUT2D eigenvalue weighted by Gasteiger charge is -2.13. The molecule has 5 aromatic rings. The Morgan fingerprint density at radius 2 is 1.70 bits per heavy atom. The lowest BCUT2D eigenvalue weighted by Crippen LogP contribution is -2.30. The molecule has 234 valence electrons. The van der Waals surface area contributed by atoms with Gasteiger partial charge in [-0.3, -0.25) is 14.4 Å². The molecule has 1 heterocycles. The number of benzene rings is 4. The van der Waals surface area contributed by atoms with Crippen molar-refractivity contribution in [1.29, 1.82) is 0 Å². The Morgan fingerprint density at radius 3 is 2.43 bits per heavy atom. The normalized spacial score (nSPS) is 11.8. The number of hydrogen-bond acceptors (Lipinski definition) is 8. The maximum Gasteiger partial charge on any atom is 0.272 e. The number of fused-ring (bicyclic) bond motifs is 1. The molecular formula is C35H32N4O5S2. The van der Waals surface area contributed by atoms with E-state index in [-0.39, 0.29) is 11.6 Å². The first-order valence-electron chi connectivity index (χ1n) is 14.5. The maximum absolute atomic E-state index is 13.4. The zero-order chi connectivity index (χ0) is 32.5. The van der Waals surface area contributed by atoms with Crippen LogP contribution in [0.5, 0.6) is 11.5 Å². The van der Waals surface area contributed by atoms with Crippen LogP contribution in [0.4, 0.5) is 10.8 Å². The third-order valence-electron chi connectivity index (χ3n) is 6.63. The highest BCUT2D eigenvalue weighted by atomic mass is 32.2. The number of nitrogens with zero attached hydrogens (tertiary/aromatic N) is 1. The Balaban J connectivity index is 1.23. The van der Waals surface area contributed by atoms with Gasteiger partial charge in [0, 0.05) is 16.1 Å². The van der Waals surface area contributed by atoms with Gasteiger partial charge >= 0.3 is 0 Å². The summed E-state index contributed by atoms with van der Waals surface area (Å²) >= 11 is 2.78. The van der Waals surface area contributed by atoms with E-state index >= 15 is 0 Å². The highest BCUT2D eigenvalue weighted by Gasteiger charge is 2.18. The second kappa shape index (κ2) is 15.2. The van der Waals surface area contributed by atoms with E-state index in [1.165, 1.54) is 23.1 Å². The monoisotopic (exact) mass is 652 g/mol. The molecule has 1 atom stereocenters. The topological polar surface area (TPSA) is 119 Å². The largest absolute Gasteiger partial charge is 0.497 e. The number of carbonyl (C=O) groups is 3. The van der Waals surface area contributed by atoms with Crippen molar-refractivity contribution in [2.45, 2.75) is 24.0 Å². The van der Waals surface area contributed by atoms with Crippen LogP contribution < -0.4 is 25.4 Å². The number of rotatable bonds is 12. The Bertz CT molecular complexity index is 1870. The minimum Gasteiger partial charge on any atom is -0.497 e. The summed E-state index contributed by atoms with van der Waals surface area (Å²) in [5, 5.41) is 8.61. The van der Waals surface area contributed by atoms with Crippen LogP contribution in [0.15, 0.2) is 108 Å². The number of thioether (sulfide) groups is 1. The van der Waals surface area contributed by atoms with Crippen molar-refractivity contribution in [1.82, 2.24) is 10.3 Å². The minimum atomic E-state index is -0.496. The SMILES string of the molecule is CCOc1ccc2nc(NC(=O)C(C)Sc3ccc(NC(=O)/C(=C/c4cccc(OC)c4)NC(=O)c4ccccc4)cc3)sc2c1. The fourth-order valence-corrected chi connectivity index (χ4v) is 6.10. The molecule has 1 aromatic heterocycles. The predicted octanol–water partition coefficient (Wildman–Crippen LogP) is 7.23. The Labute approximate surface area is 275 Å². The Morgan fingerprint density at radius 1 is 0.913 bits per heavy atom. The number of aromatic nitrogens is 1. The number of nitrogens with one attached hydrogen (secondary N) is 3. The second-order valence-electron chi connectivity index (χ2n) is 9.96. The molecule has 3 N–H and O–H groups in total. The number of amides is 3. The summed E-state index contributed by atoms with van der Waals surface area (Å²) < 4.78 is 11.8. The van der Waals surface area contributed by atoms with Crippen molar-refractivity contribution < 1.29 is 23.9 Å². The van der Waals surface area contributed by atoms with Crippen molar-refractivity contribution in [3.05, 3.63) is 114 Å². The van der Waals surface area contributed by atoms with Crippen LogP contribution in [0.2, 0.25) is 0 Å². The van der Waals surface area contributed by atoms with Crippen LogP contribution in [0.25, 0.3) is 16.3 Å². The molecule has 1 unspecified atom stereocenters. The third-order valence-corrected chi connectivity index (χ3v) is 8.67. The summed E-state index contributed by atoms with van der Waals surface area (Å²) in [5.41, 5.74) is 2.48. The summed E-state index contributed by atoms with van der Waals surface area (Å²) in [5.74, 6) is 0.304. The molecule has 0 radical (unpaired) electrons. The molecule has 4 aromatic carbocycles. The molecule has 0 aliphatic rings. The number of thiazole rings is 1. The lowest BCUT2D eigenvalue weighted by molar-refractivity contribution is -0.115. The number of ether oxygens (including phenoxy) is 2. The van der Waals surface area contributed by atoms with Gasteiger partial charge in [0.25, 0.3) is 11.8 Å². The standard InChI is InChI=1S/C35H32N4O5S2/c1-4-44-27-15-18-29-31(21-27)46-35(38-29)39-32(40)22(2)45-28-16-13-25(14-17-28)36-34(42)30(20-23-9-8-12-26(19-23)43-3)37-33(41)24-10-6-5-7-11-24/h5-22H,4H2,1-3H3,(H,36,42)(H,37,41)(H,38,39,40)/b30-20-. The average molecular weight is 653 g/mol. The molecule has 9 nitrogen and oxygen atoms in total. The van der Waals surface area contributed by atoms with Crippen LogP contribution in [-0.4, -0.2) is 41.7 Å². The van der Waals surface area contributed by atoms with E-state index in [2.05, 4.69) is 20.9 Å². The van der Waals surface area contributed by atoms with Crippen LogP contribution in [0.3, 0.4) is 0 Å². The van der Waals surface area contributed by atoms with Crippen molar-refractivity contribution in [3.8, 4) is 11.5 Å². The molecule has 5 rings (SSSR count). The van der Waals surface area contributed by atoms with E-state index in [4.69, 9.17) is 9.47 Å². The third kappa shape index (κ3) is 8.52. The van der Waals surface area contributed by atoms with Gasteiger partial charge in [0.2, 0.25) is 5.91 Å². The van der Waals surface area contributed by atoms with Crippen LogP contribution in [0, 0.1) is 0 Å². The maximum atomic E-state index is 13.4. The summed E-state index contributed by atoms with van der Waals surface area (Å²) in [6, 6.07) is 28.6. The van der Waals surface area contributed by atoms with Crippen LogP contribution in [-0.2, 0) is 9.59 Å². The Kier molecular flexibility index (Phi) is 10.7. The van der Waals surface area contributed by atoms with Gasteiger partial charge in [-0.15, -0.1) is 11.8 Å². The minimum absolute atomic E-state index is 0.0646. The highest BCUT2D eigenvalue weighted by Crippen LogP contribution is 2.31. The number of methoxy groups -OCH3 is 1. The molecule has 0 bridgehead atoms. The van der Waals surface area contributed by atoms with Gasteiger partial charge in [-0.25, -0.2) is 4.98 Å². The summed E-state index contributed by atoms with van der Waals surface area (Å²) in [6.45, 7) is 4.32. The molecule has 3 amide bonds. The van der Waals surface area contributed by atoms with E-state index in [9.17, 15) is 14.4 Å². The smallest absolute Gasteiger partial charge is 0.272 e. The van der Waals surface area contributed by atoms with E-state index < -0.39 is 17.1 Å². The highest BCUT2D eigenvalue weighted by molar-refractivity contribution is 8.00. The predicted molar refractivity (Wildman–Crippen MR) is 185 cm³/mol. The molecule has 0 aliphatic heterocycles. The first kappa shape index (κ1) is 32.3. The van der Waals surface area contributed by atoms with Gasteiger partial charge in [0.15, 0.2) is 5.13 Å². The molecule has 0 fully saturated rings. The van der Waals surface area contributed by atoms with Crippen molar-refractivity contribution in [2.75, 3.05) is 24.4 Å². The molecule has 0 saturated heterocycles. The lowest BCUT2D eigenvalue weighted by atomic mass is 10.1. The quantitative estimate of drug-likeness (QED) is 0.0961. The van der Waals surface area contributed by atoms with Gasteiger partial charge in [0.05, 0.1) is 29.2 Å². The van der Waals surface area contributed by atoms with Crippen molar-refractivity contribution >= 4 is 67.9 Å². The molecular weight excluding hydrogens is 621 g/mol. The van der Waals surface area contributed by atoms with E-state index in [0.29, 0.717) is 34.3 Å². The number of anilines is 2. The summed E-state index contributed by atoms with van der Waals surface area (Å²) in [7, 11) is 1.56. The zero-order valence-corrected chi connectivity index (χ0v) is 27.0. The summed E-state index contributed by atoms with van der Waals surface area (Å²) in [4.78, 5) is 44.6. The van der Waals surface area contributed by atoms with Crippen LogP contribution >= 0.6 is 23.1 Å². The van der Waals surface area contributed by atoms with Gasteiger partial charge in [-0.2, -0.15) is 0 Å². The van der Waals surface area contributed by atoms with Gasteiger partial charge in [-0.1, -0.05) is 41.7 Å². The second-order valence-corrected chi connectivity index (χ2v) is 12.4. The molecule has 0 saturated carbocycles. The number of carbonyl (C=O) groups excluding carboxylic acids is 3. The first-order valence-corrected chi connectivity index (χ1v) is 16.2. The summed E-state index contributed by atoms with van der Waals surface area (Å²) in [6.07, 6.45) is 1.59. The van der Waals surface area contributed by atoms with Crippen molar-refractivity contribution in [2.24, 2.45) is 0 Å². The molecule has 11 heteroatoms. The van der Waals surface area contributed by atoms with E-state index in [0.717, 1.165) is 20.9 Å². The zero-order valence-electron chi connectivity index (χ0n) is 25.4. The van der Waals surface area contributed by atoms with E-state index in [1.807, 2.05) is 56.3 Å². The van der Waals surface area contributed by atoms with Gasteiger partial charge < -0.3 is 25.4 Å². The number of hydrogen-bond donors (Lipinski definition) is 3. The van der Waals surface area contributed by atoms with Gasteiger partial charge in [-0.05, 0) is 92.2 Å². The van der Waals surface area contributed by atoms with Crippen LogP contribution in [0.1, 0.15) is 29.8 Å². The molecule has 46 heavy (non-hydrogen) atoms. The van der Waals surface area contributed by atoms with Crippen molar-refractivity contribution in [3.63, 3.8) is 0 Å². The molecule has 0 aliphatic carbocycles. The van der Waals surface area contributed by atoms with Gasteiger partial charge in [0.1, 0.15) is 17.2 Å². The fraction of sp³-hybridized carbons (Fsp3) is 0.143. The fourth-order valence-electron chi connectivity index (χ4n) is 4.34. The van der Waals surface area contributed by atoms with E-state index in [1.54, 1.807) is 67.8 Å². The first-order chi connectivity index (χ1) is 22.3. The Hall–Kier alpha value is -5.13.